The molecule has 1 amide bonds. The van der Waals surface area contributed by atoms with Crippen LogP contribution in [0.25, 0.3) is 0 Å². The Balaban J connectivity index is 2.69. The molecule has 0 bridgehead atoms. The van der Waals surface area contributed by atoms with Crippen LogP contribution in [-0.2, 0) is 11.2 Å². The third-order valence-corrected chi connectivity index (χ3v) is 3.67. The first-order valence-corrected chi connectivity index (χ1v) is 7.10. The molecular formula is C12H21N3O2S. The Morgan fingerprint density at radius 1 is 1.56 bits per heavy atom. The second kappa shape index (κ2) is 7.33. The Morgan fingerprint density at radius 2 is 2.22 bits per heavy atom. The molecule has 5 nitrogen and oxygen atoms in total. The first-order chi connectivity index (χ1) is 8.62. The van der Waals surface area contributed by atoms with E-state index in [1.807, 2.05) is 13.8 Å². The molecule has 0 atom stereocenters. The van der Waals surface area contributed by atoms with Gasteiger partial charge in [-0.25, -0.2) is 4.98 Å². The molecule has 3 N–H and O–H groups in total. The summed E-state index contributed by atoms with van der Waals surface area (Å²) in [7, 11) is 0. The SMILES string of the molecule is CCC(CC)N(CCO)C(=O)Cc1csc(N)n1. The molecule has 1 aromatic rings. The lowest BCUT2D eigenvalue weighted by atomic mass is 10.1. The number of aliphatic hydroxyl groups excluding tert-OH is 1. The van der Waals surface area contributed by atoms with E-state index >= 15 is 0 Å². The normalized spacial score (nSPS) is 10.9. The Hall–Kier alpha value is -1.14. The average Bonchev–Trinajstić information content (AvgIpc) is 2.75. The number of thiazole rings is 1. The number of aromatic nitrogens is 1. The minimum Gasteiger partial charge on any atom is -0.395 e. The Morgan fingerprint density at radius 3 is 2.67 bits per heavy atom. The monoisotopic (exact) mass is 271 g/mol. The molecule has 18 heavy (non-hydrogen) atoms. The van der Waals surface area contributed by atoms with Gasteiger partial charge in [0.2, 0.25) is 5.91 Å². The number of aliphatic hydroxyl groups is 1. The highest BCUT2D eigenvalue weighted by molar-refractivity contribution is 7.13. The summed E-state index contributed by atoms with van der Waals surface area (Å²) in [5.74, 6) is 0.00282. The third kappa shape index (κ3) is 3.96. The number of nitrogens with zero attached hydrogens (tertiary/aromatic N) is 2. The molecule has 1 heterocycles. The lowest BCUT2D eigenvalue weighted by Gasteiger charge is -2.29. The number of carbonyl (C=O) groups is 1. The largest absolute Gasteiger partial charge is 0.395 e. The van der Waals surface area contributed by atoms with Gasteiger partial charge in [0.05, 0.1) is 18.7 Å². The molecule has 6 heteroatoms. The molecule has 1 rings (SSSR count). The van der Waals surface area contributed by atoms with Gasteiger partial charge in [-0.05, 0) is 12.8 Å². The van der Waals surface area contributed by atoms with Crippen molar-refractivity contribution in [3.05, 3.63) is 11.1 Å². The van der Waals surface area contributed by atoms with E-state index in [0.29, 0.717) is 17.4 Å². The number of nitrogens with two attached hydrogens (primary N) is 1. The second-order valence-corrected chi connectivity index (χ2v) is 5.02. The van der Waals surface area contributed by atoms with Crippen LogP contribution >= 0.6 is 11.3 Å². The number of nitrogen functional groups attached to an aromatic ring is 1. The molecule has 1 aromatic heterocycles. The maximum absolute atomic E-state index is 12.2. The standard InChI is InChI=1S/C12H21N3O2S/c1-3-10(4-2)15(5-6-16)11(17)7-9-8-18-12(13)14-9/h8,10,16H,3-7H2,1-2H3,(H2,13,14). The van der Waals surface area contributed by atoms with Crippen LogP contribution in [-0.4, -0.2) is 40.1 Å². The minimum absolute atomic E-state index is 0.00282. The number of anilines is 1. The summed E-state index contributed by atoms with van der Waals surface area (Å²) in [6.45, 7) is 4.46. The smallest absolute Gasteiger partial charge is 0.228 e. The van der Waals surface area contributed by atoms with Crippen molar-refractivity contribution in [1.29, 1.82) is 0 Å². The molecule has 0 aliphatic heterocycles. The number of rotatable bonds is 7. The molecule has 0 fully saturated rings. The molecule has 0 radical (unpaired) electrons. The number of hydrogen-bond donors (Lipinski definition) is 2. The van der Waals surface area contributed by atoms with E-state index in [1.54, 1.807) is 10.3 Å². The summed E-state index contributed by atoms with van der Waals surface area (Å²) in [6, 6.07) is 0.181. The second-order valence-electron chi connectivity index (χ2n) is 4.13. The van der Waals surface area contributed by atoms with Gasteiger partial charge in [-0.1, -0.05) is 13.8 Å². The van der Waals surface area contributed by atoms with Gasteiger partial charge in [0.15, 0.2) is 5.13 Å². The summed E-state index contributed by atoms with van der Waals surface area (Å²) < 4.78 is 0. The Labute approximate surface area is 112 Å². The first kappa shape index (κ1) is 14.9. The topological polar surface area (TPSA) is 79.5 Å². The van der Waals surface area contributed by atoms with Gasteiger partial charge in [0, 0.05) is 18.0 Å². The van der Waals surface area contributed by atoms with E-state index in [9.17, 15) is 4.79 Å². The molecular weight excluding hydrogens is 250 g/mol. The van der Waals surface area contributed by atoms with Gasteiger partial charge >= 0.3 is 0 Å². The fraction of sp³-hybridized carbons (Fsp3) is 0.667. The fourth-order valence-electron chi connectivity index (χ4n) is 2.01. The number of hydrogen-bond acceptors (Lipinski definition) is 5. The molecule has 0 aliphatic rings. The van der Waals surface area contributed by atoms with E-state index in [4.69, 9.17) is 10.8 Å². The molecule has 0 spiro atoms. The van der Waals surface area contributed by atoms with Crippen molar-refractivity contribution in [3.8, 4) is 0 Å². The van der Waals surface area contributed by atoms with Gasteiger partial charge in [0.25, 0.3) is 0 Å². The predicted molar refractivity (Wildman–Crippen MR) is 73.4 cm³/mol. The van der Waals surface area contributed by atoms with Crippen molar-refractivity contribution in [2.45, 2.75) is 39.2 Å². The van der Waals surface area contributed by atoms with Crippen molar-refractivity contribution in [2.75, 3.05) is 18.9 Å². The molecule has 0 saturated carbocycles. The first-order valence-electron chi connectivity index (χ1n) is 6.22. The maximum Gasteiger partial charge on any atom is 0.228 e. The zero-order valence-electron chi connectivity index (χ0n) is 10.9. The average molecular weight is 271 g/mol. The lowest BCUT2D eigenvalue weighted by molar-refractivity contribution is -0.133. The van der Waals surface area contributed by atoms with Gasteiger partial charge in [-0.15, -0.1) is 11.3 Å². The van der Waals surface area contributed by atoms with Crippen molar-refractivity contribution < 1.29 is 9.90 Å². The van der Waals surface area contributed by atoms with Crippen molar-refractivity contribution >= 4 is 22.4 Å². The highest BCUT2D eigenvalue weighted by Gasteiger charge is 2.21. The minimum atomic E-state index is -0.0125. The van der Waals surface area contributed by atoms with Gasteiger partial charge < -0.3 is 15.7 Å². The van der Waals surface area contributed by atoms with Gasteiger partial charge in [-0.3, -0.25) is 4.79 Å². The molecule has 102 valence electrons. The summed E-state index contributed by atoms with van der Waals surface area (Å²) in [4.78, 5) is 18.0. The van der Waals surface area contributed by atoms with Crippen LogP contribution in [0.2, 0.25) is 0 Å². The van der Waals surface area contributed by atoms with E-state index in [1.165, 1.54) is 11.3 Å². The quantitative estimate of drug-likeness (QED) is 0.783. The van der Waals surface area contributed by atoms with E-state index < -0.39 is 0 Å². The lowest BCUT2D eigenvalue weighted by Crippen LogP contribution is -2.42. The van der Waals surface area contributed by atoms with Crippen molar-refractivity contribution in [2.24, 2.45) is 0 Å². The van der Waals surface area contributed by atoms with Crippen LogP contribution in [0.3, 0.4) is 0 Å². The Bertz CT molecular complexity index is 377. The van der Waals surface area contributed by atoms with Crippen molar-refractivity contribution in [3.63, 3.8) is 0 Å². The van der Waals surface area contributed by atoms with E-state index in [2.05, 4.69) is 4.98 Å². The third-order valence-electron chi connectivity index (χ3n) is 2.95. The maximum atomic E-state index is 12.2. The van der Waals surface area contributed by atoms with Gasteiger partial charge in [0.1, 0.15) is 0 Å². The summed E-state index contributed by atoms with van der Waals surface area (Å²) in [5, 5.41) is 11.4. The predicted octanol–water partition coefficient (Wildman–Crippen LogP) is 1.28. The summed E-state index contributed by atoms with van der Waals surface area (Å²) in [6.07, 6.45) is 2.03. The molecule has 0 unspecified atom stereocenters. The zero-order valence-corrected chi connectivity index (χ0v) is 11.7. The van der Waals surface area contributed by atoms with E-state index in [0.717, 1.165) is 12.8 Å². The highest BCUT2D eigenvalue weighted by Crippen LogP contribution is 2.15. The number of amides is 1. The van der Waals surface area contributed by atoms with Gasteiger partial charge in [-0.2, -0.15) is 0 Å². The zero-order chi connectivity index (χ0) is 13.5. The molecule has 0 aliphatic carbocycles. The summed E-state index contributed by atoms with van der Waals surface area (Å²) >= 11 is 1.34. The Kier molecular flexibility index (Phi) is 6.07. The van der Waals surface area contributed by atoms with Crippen LogP contribution < -0.4 is 5.73 Å². The van der Waals surface area contributed by atoms with Crippen LogP contribution in [0.4, 0.5) is 5.13 Å². The van der Waals surface area contributed by atoms with Crippen molar-refractivity contribution in [1.82, 2.24) is 9.88 Å². The molecule has 0 saturated heterocycles. The number of carbonyl (C=O) groups excluding carboxylic acids is 1. The van der Waals surface area contributed by atoms with E-state index in [-0.39, 0.29) is 25.0 Å². The van der Waals surface area contributed by atoms with Crippen LogP contribution in [0.1, 0.15) is 32.4 Å². The summed E-state index contributed by atoms with van der Waals surface area (Å²) in [5.41, 5.74) is 6.25. The highest BCUT2D eigenvalue weighted by atomic mass is 32.1. The van der Waals surface area contributed by atoms with Crippen LogP contribution in [0, 0.1) is 0 Å². The van der Waals surface area contributed by atoms with Crippen LogP contribution in [0.15, 0.2) is 5.38 Å². The van der Waals surface area contributed by atoms with Crippen LogP contribution in [0.5, 0.6) is 0 Å². The fourth-order valence-corrected chi connectivity index (χ4v) is 2.57. The molecule has 0 aromatic carbocycles.